The lowest BCUT2D eigenvalue weighted by molar-refractivity contribution is 0.0696. The van der Waals surface area contributed by atoms with E-state index in [0.29, 0.717) is 52.2 Å². The maximum absolute atomic E-state index is 13.6. The molecule has 2 N–H and O–H groups in total. The molecule has 0 bridgehead atoms. The van der Waals surface area contributed by atoms with Crippen molar-refractivity contribution in [3.8, 4) is 5.88 Å². The van der Waals surface area contributed by atoms with Gasteiger partial charge >= 0.3 is 0 Å². The molecule has 0 unspecified atom stereocenters. The molecule has 1 fully saturated rings. The fourth-order valence-electron chi connectivity index (χ4n) is 5.85. The third-order valence-corrected chi connectivity index (χ3v) is 9.48. The van der Waals surface area contributed by atoms with Crippen LogP contribution in [0.25, 0.3) is 10.9 Å². The number of aliphatic imine (C=N–C) groups is 1. The Morgan fingerprint density at radius 2 is 1.59 bits per heavy atom. The number of carbonyl (C=O) groups is 1. The minimum absolute atomic E-state index is 0.0380. The monoisotopic (exact) mass is 615 g/mol. The number of nitrogens with one attached hydrogen (secondary N) is 1. The average molecular weight is 616 g/mol. The first kappa shape index (κ1) is 31.3. The molecule has 0 atom stereocenters. The van der Waals surface area contributed by atoms with Crippen LogP contribution in [0.15, 0.2) is 77.8 Å². The molecule has 1 aromatic heterocycles. The summed E-state index contributed by atoms with van der Waals surface area (Å²) in [6.45, 7) is 0.899. The van der Waals surface area contributed by atoms with Crippen molar-refractivity contribution < 1.29 is 18.3 Å². The normalized spacial score (nSPS) is 14.7. The van der Waals surface area contributed by atoms with Gasteiger partial charge in [-0.25, -0.2) is 13.4 Å². The molecule has 3 aromatic carbocycles. The average Bonchev–Trinajstić information content (AvgIpc) is 3.34. The third-order valence-electron chi connectivity index (χ3n) is 8.28. The summed E-state index contributed by atoms with van der Waals surface area (Å²) in [5.74, 6) is -0.0830. The van der Waals surface area contributed by atoms with Crippen LogP contribution in [-0.2, 0) is 10.0 Å². The summed E-state index contributed by atoms with van der Waals surface area (Å²) in [4.78, 5) is 25.4. The number of fused-ring (bicyclic) bond motifs is 1. The first-order valence-electron chi connectivity index (χ1n) is 15.0. The molecule has 44 heavy (non-hydrogen) atoms. The molecule has 232 valence electrons. The van der Waals surface area contributed by atoms with Crippen molar-refractivity contribution >= 4 is 43.9 Å². The van der Waals surface area contributed by atoms with Gasteiger partial charge in [0.15, 0.2) is 5.88 Å². The van der Waals surface area contributed by atoms with Gasteiger partial charge in [-0.15, -0.1) is 0 Å². The number of aromatic hydroxyl groups is 1. The number of benzene rings is 3. The third kappa shape index (κ3) is 6.97. The van der Waals surface area contributed by atoms with Gasteiger partial charge < -0.3 is 19.9 Å². The Balaban J connectivity index is 1.55. The number of amides is 1. The second-order valence-electron chi connectivity index (χ2n) is 11.8. The Bertz CT molecular complexity index is 1740. The summed E-state index contributed by atoms with van der Waals surface area (Å²) in [6, 6.07) is 22.3. The SMILES string of the molecule is CN(C)CCN(c1ccc(N=C(c2ccccc2)c2c(O)[nH]c3ccc(C(=O)N(C)C4CCCCC4)cc23)cc1)S(C)(=O)=O. The van der Waals surface area contributed by atoms with Crippen molar-refractivity contribution in [2.45, 2.75) is 38.1 Å². The van der Waals surface area contributed by atoms with E-state index in [1.54, 1.807) is 30.3 Å². The van der Waals surface area contributed by atoms with Crippen molar-refractivity contribution in [3.05, 3.63) is 89.5 Å². The molecule has 0 radical (unpaired) electrons. The number of aromatic nitrogens is 1. The number of anilines is 1. The van der Waals surface area contributed by atoms with E-state index < -0.39 is 10.0 Å². The van der Waals surface area contributed by atoms with Crippen molar-refractivity contribution in [1.29, 1.82) is 0 Å². The molecule has 9 nitrogen and oxygen atoms in total. The van der Waals surface area contributed by atoms with E-state index in [1.165, 1.54) is 17.0 Å². The summed E-state index contributed by atoms with van der Waals surface area (Å²) in [5.41, 5.74) is 4.20. The number of carbonyl (C=O) groups excluding carboxylic acids is 1. The quantitative estimate of drug-likeness (QED) is 0.220. The molecule has 0 aliphatic heterocycles. The van der Waals surface area contributed by atoms with Crippen LogP contribution >= 0.6 is 0 Å². The number of aromatic amines is 1. The Hall–Kier alpha value is -4.15. The maximum Gasteiger partial charge on any atom is 0.253 e. The van der Waals surface area contributed by atoms with Gasteiger partial charge in [-0.1, -0.05) is 49.6 Å². The lowest BCUT2D eigenvalue weighted by Crippen LogP contribution is -2.38. The molecule has 1 heterocycles. The molecule has 0 saturated heterocycles. The predicted molar refractivity (Wildman–Crippen MR) is 178 cm³/mol. The van der Waals surface area contributed by atoms with Gasteiger partial charge in [0.1, 0.15) is 0 Å². The van der Waals surface area contributed by atoms with Gasteiger partial charge in [0, 0.05) is 48.2 Å². The zero-order chi connectivity index (χ0) is 31.4. The Labute approximate surface area is 259 Å². The summed E-state index contributed by atoms with van der Waals surface area (Å²) in [7, 11) is 2.20. The van der Waals surface area contributed by atoms with Crippen molar-refractivity contribution in [2.24, 2.45) is 4.99 Å². The molecule has 1 amide bonds. The van der Waals surface area contributed by atoms with Crippen LogP contribution in [-0.4, -0.2) is 86.5 Å². The summed E-state index contributed by atoms with van der Waals surface area (Å²) < 4.78 is 26.5. The molecular weight excluding hydrogens is 574 g/mol. The Morgan fingerprint density at radius 1 is 0.909 bits per heavy atom. The highest BCUT2D eigenvalue weighted by Gasteiger charge is 2.25. The number of hydrogen-bond acceptors (Lipinski definition) is 6. The van der Waals surface area contributed by atoms with Crippen LogP contribution in [0.4, 0.5) is 11.4 Å². The molecule has 5 rings (SSSR count). The summed E-state index contributed by atoms with van der Waals surface area (Å²) in [6.07, 6.45) is 6.72. The van der Waals surface area contributed by atoms with E-state index in [-0.39, 0.29) is 17.8 Å². The van der Waals surface area contributed by atoms with Crippen LogP contribution in [0.2, 0.25) is 0 Å². The van der Waals surface area contributed by atoms with Gasteiger partial charge in [0.25, 0.3) is 5.91 Å². The minimum Gasteiger partial charge on any atom is -0.494 e. The molecular formula is C34H41N5O4S. The van der Waals surface area contributed by atoms with Gasteiger partial charge in [-0.2, -0.15) is 0 Å². The highest BCUT2D eigenvalue weighted by Crippen LogP contribution is 2.33. The first-order valence-corrected chi connectivity index (χ1v) is 16.9. The standard InChI is InChI=1S/C34H41N5O4S/c1-37(2)21-22-39(44(4,42)43)28-18-16-26(17-19-28)35-32(24-11-7-5-8-12-24)31-29-23-25(15-20-30(29)36-33(31)40)34(41)38(3)27-13-9-6-10-14-27/h5,7-8,11-12,15-20,23,27,36,40H,6,9-10,13-14,21-22H2,1-4H3. The number of H-pyrrole nitrogens is 1. The molecule has 4 aromatic rings. The van der Waals surface area contributed by atoms with E-state index in [4.69, 9.17) is 4.99 Å². The lowest BCUT2D eigenvalue weighted by atomic mass is 9.94. The van der Waals surface area contributed by atoms with E-state index in [9.17, 15) is 18.3 Å². The highest BCUT2D eigenvalue weighted by atomic mass is 32.2. The molecule has 1 aliphatic carbocycles. The van der Waals surface area contributed by atoms with Crippen molar-refractivity contribution in [1.82, 2.24) is 14.8 Å². The first-order chi connectivity index (χ1) is 21.0. The maximum atomic E-state index is 13.6. The minimum atomic E-state index is -3.48. The number of nitrogens with zero attached hydrogens (tertiary/aromatic N) is 4. The van der Waals surface area contributed by atoms with E-state index in [0.717, 1.165) is 31.2 Å². The fourth-order valence-corrected chi connectivity index (χ4v) is 6.77. The zero-order valence-electron chi connectivity index (χ0n) is 25.8. The van der Waals surface area contributed by atoms with Crippen LogP contribution in [0, 0.1) is 0 Å². The second-order valence-corrected chi connectivity index (χ2v) is 13.7. The van der Waals surface area contributed by atoms with Gasteiger partial charge in [-0.3, -0.25) is 9.10 Å². The summed E-state index contributed by atoms with van der Waals surface area (Å²) in [5, 5.41) is 11.9. The van der Waals surface area contributed by atoms with Crippen LogP contribution in [0.3, 0.4) is 0 Å². The van der Waals surface area contributed by atoms with Crippen molar-refractivity contribution in [2.75, 3.05) is 44.8 Å². The van der Waals surface area contributed by atoms with Gasteiger partial charge in [0.05, 0.1) is 28.9 Å². The van der Waals surface area contributed by atoms with E-state index >= 15 is 0 Å². The number of rotatable bonds is 10. The molecule has 10 heteroatoms. The topological polar surface area (TPSA) is 109 Å². The predicted octanol–water partition coefficient (Wildman–Crippen LogP) is 5.77. The van der Waals surface area contributed by atoms with Crippen LogP contribution in [0.1, 0.15) is 53.6 Å². The summed E-state index contributed by atoms with van der Waals surface area (Å²) >= 11 is 0. The Morgan fingerprint density at radius 3 is 2.23 bits per heavy atom. The largest absolute Gasteiger partial charge is 0.494 e. The van der Waals surface area contributed by atoms with Crippen LogP contribution < -0.4 is 4.31 Å². The van der Waals surface area contributed by atoms with Gasteiger partial charge in [-0.05, 0) is 69.4 Å². The number of likely N-dealkylation sites (N-methyl/N-ethyl adjacent to an activating group) is 1. The van der Waals surface area contributed by atoms with E-state index in [1.807, 2.05) is 73.4 Å². The molecule has 0 spiro atoms. The smallest absolute Gasteiger partial charge is 0.253 e. The number of hydrogen-bond donors (Lipinski definition) is 2. The second kappa shape index (κ2) is 13.2. The zero-order valence-corrected chi connectivity index (χ0v) is 26.6. The number of sulfonamides is 1. The van der Waals surface area contributed by atoms with Gasteiger partial charge in [0.2, 0.25) is 10.0 Å². The fraction of sp³-hybridized carbons (Fsp3) is 0.353. The Kier molecular flexibility index (Phi) is 9.41. The lowest BCUT2D eigenvalue weighted by Gasteiger charge is -2.31. The highest BCUT2D eigenvalue weighted by molar-refractivity contribution is 7.92. The van der Waals surface area contributed by atoms with E-state index in [2.05, 4.69) is 4.98 Å². The molecule has 1 aliphatic rings. The molecule has 1 saturated carbocycles. The van der Waals surface area contributed by atoms with Crippen LogP contribution in [0.5, 0.6) is 5.88 Å². The van der Waals surface area contributed by atoms with Crippen molar-refractivity contribution in [3.63, 3.8) is 0 Å².